The first-order chi connectivity index (χ1) is 15.3. The van der Waals surface area contributed by atoms with E-state index < -0.39 is 33.9 Å². The molecule has 1 aromatic heterocycles. The molecule has 0 bridgehead atoms. The third-order valence-electron chi connectivity index (χ3n) is 4.64. The van der Waals surface area contributed by atoms with Gasteiger partial charge in [-0.2, -0.15) is 9.40 Å². The van der Waals surface area contributed by atoms with Gasteiger partial charge < -0.3 is 10.4 Å². The predicted molar refractivity (Wildman–Crippen MR) is 122 cm³/mol. The molecule has 2 atom stereocenters. The summed E-state index contributed by atoms with van der Waals surface area (Å²) in [7, 11) is -1.76. The highest BCUT2D eigenvalue weighted by molar-refractivity contribution is 7.89. The quantitative estimate of drug-likeness (QED) is 0.286. The summed E-state index contributed by atoms with van der Waals surface area (Å²) in [6, 6.07) is 15.3. The average Bonchev–Trinajstić information content (AvgIpc) is 3.31. The molecule has 2 N–H and O–H groups in total. The van der Waals surface area contributed by atoms with Crippen molar-refractivity contribution in [3.8, 4) is 16.9 Å². The maximum absolute atomic E-state index is 12.8. The number of hydrogen-bond donors (Lipinski definition) is 3. The maximum Gasteiger partial charge on any atom is 0.318 e. The number of nitro groups is 1. The minimum Gasteiger partial charge on any atom is -0.480 e. The van der Waals surface area contributed by atoms with Crippen molar-refractivity contribution < 1.29 is 19.0 Å². The summed E-state index contributed by atoms with van der Waals surface area (Å²) < 4.78 is 15.6. The maximum atomic E-state index is 12.8. The summed E-state index contributed by atoms with van der Waals surface area (Å²) >= 11 is 4.27. The van der Waals surface area contributed by atoms with E-state index in [1.165, 1.54) is 16.4 Å². The third-order valence-corrected chi connectivity index (χ3v) is 6.58. The number of thiol groups is 1. The molecule has 32 heavy (non-hydrogen) atoms. The Morgan fingerprint density at radius 2 is 1.94 bits per heavy atom. The first-order valence-electron chi connectivity index (χ1n) is 9.30. The zero-order chi connectivity index (χ0) is 22.8. The lowest BCUT2D eigenvalue weighted by molar-refractivity contribution is -0.384. The molecule has 3 aromatic rings. The molecule has 10 nitrogen and oxygen atoms in total. The van der Waals surface area contributed by atoms with Gasteiger partial charge in [-0.05, 0) is 30.3 Å². The SMILES string of the molecule is O=C(O)CN1C(S)N/C(=C/c2cn(-c3ccccc3)nc2-c2ccc([N+](=O)[O-])cc2)S1=O. The lowest BCUT2D eigenvalue weighted by Gasteiger charge is -2.13. The molecule has 1 aliphatic heterocycles. The second-order valence-corrected chi connectivity index (χ2v) is 8.66. The molecule has 4 rings (SSSR count). The van der Waals surface area contributed by atoms with E-state index in [2.05, 4.69) is 23.0 Å². The van der Waals surface area contributed by atoms with Gasteiger partial charge in [-0.3, -0.25) is 14.9 Å². The lowest BCUT2D eigenvalue weighted by Crippen LogP contribution is -2.34. The molecular formula is C20H17N5O5S2. The van der Waals surface area contributed by atoms with Gasteiger partial charge in [0.05, 0.1) is 10.6 Å². The molecule has 12 heteroatoms. The van der Waals surface area contributed by atoms with Crippen molar-refractivity contribution in [3.05, 3.63) is 81.5 Å². The monoisotopic (exact) mass is 471 g/mol. The van der Waals surface area contributed by atoms with E-state index in [1.54, 1.807) is 29.1 Å². The molecule has 2 aromatic carbocycles. The van der Waals surface area contributed by atoms with Crippen LogP contribution in [0.1, 0.15) is 5.56 Å². The fourth-order valence-corrected chi connectivity index (χ4v) is 4.87. The zero-order valence-electron chi connectivity index (χ0n) is 16.4. The number of nitro benzene ring substituents is 1. The number of aliphatic carboxylic acids is 1. The molecule has 0 radical (unpaired) electrons. The average molecular weight is 472 g/mol. The minimum atomic E-state index is -1.76. The summed E-state index contributed by atoms with van der Waals surface area (Å²) in [5.74, 6) is -1.12. The predicted octanol–water partition coefficient (Wildman–Crippen LogP) is 2.61. The molecule has 1 saturated heterocycles. The van der Waals surface area contributed by atoms with Crippen LogP contribution in [-0.4, -0.2) is 46.3 Å². The fraction of sp³-hybridized carbons (Fsp3) is 0.100. The highest BCUT2D eigenvalue weighted by atomic mass is 32.2. The van der Waals surface area contributed by atoms with Crippen molar-refractivity contribution in [1.82, 2.24) is 19.4 Å². The van der Waals surface area contributed by atoms with Crippen molar-refractivity contribution >= 4 is 41.3 Å². The molecule has 0 saturated carbocycles. The first kappa shape index (κ1) is 21.7. The smallest absolute Gasteiger partial charge is 0.318 e. The number of benzene rings is 2. The number of carbonyl (C=O) groups is 1. The second kappa shape index (κ2) is 8.94. The summed E-state index contributed by atoms with van der Waals surface area (Å²) in [5, 5.41) is 27.9. The fourth-order valence-electron chi connectivity index (χ4n) is 3.15. The summed E-state index contributed by atoms with van der Waals surface area (Å²) in [5.41, 5.74) is 1.76. The Labute approximate surface area is 190 Å². The number of nitrogens with zero attached hydrogens (tertiary/aromatic N) is 4. The summed E-state index contributed by atoms with van der Waals surface area (Å²) in [6.45, 7) is -0.441. The molecule has 0 spiro atoms. The highest BCUT2D eigenvalue weighted by Crippen LogP contribution is 2.29. The molecule has 1 aliphatic rings. The minimum absolute atomic E-state index is 0.0445. The van der Waals surface area contributed by atoms with Crippen molar-refractivity contribution in [1.29, 1.82) is 0 Å². The topological polar surface area (TPSA) is 131 Å². The van der Waals surface area contributed by atoms with Crippen molar-refractivity contribution in [2.24, 2.45) is 0 Å². The molecule has 2 heterocycles. The molecule has 164 valence electrons. The highest BCUT2D eigenvalue weighted by Gasteiger charge is 2.34. The van der Waals surface area contributed by atoms with Gasteiger partial charge in [0, 0.05) is 29.5 Å². The van der Waals surface area contributed by atoms with Gasteiger partial charge in [0.1, 0.15) is 33.8 Å². The van der Waals surface area contributed by atoms with Crippen LogP contribution in [0.25, 0.3) is 23.0 Å². The number of para-hydroxylation sites is 1. The Morgan fingerprint density at radius 3 is 2.56 bits per heavy atom. The second-order valence-electron chi connectivity index (χ2n) is 6.76. The lowest BCUT2D eigenvalue weighted by atomic mass is 10.1. The molecule has 2 unspecified atom stereocenters. The van der Waals surface area contributed by atoms with Gasteiger partial charge in [-0.1, -0.05) is 18.2 Å². The Bertz CT molecular complexity index is 1230. The van der Waals surface area contributed by atoms with Gasteiger partial charge in [0.25, 0.3) is 5.69 Å². The Hall–Kier alpha value is -3.48. The van der Waals surface area contributed by atoms with Crippen LogP contribution in [0.2, 0.25) is 0 Å². The number of rotatable bonds is 6. The van der Waals surface area contributed by atoms with E-state index in [9.17, 15) is 19.1 Å². The van der Waals surface area contributed by atoms with Crippen LogP contribution in [0, 0.1) is 10.1 Å². The summed E-state index contributed by atoms with van der Waals surface area (Å²) in [6.07, 6.45) is 3.36. The number of aromatic nitrogens is 2. The molecule has 0 aliphatic carbocycles. The molecule has 1 fully saturated rings. The largest absolute Gasteiger partial charge is 0.480 e. The first-order valence-corrected chi connectivity index (χ1v) is 10.9. The van der Waals surface area contributed by atoms with Gasteiger partial charge in [-0.15, -0.1) is 12.6 Å². The number of hydrogen-bond acceptors (Lipinski definition) is 7. The van der Waals surface area contributed by atoms with E-state index >= 15 is 0 Å². The summed E-state index contributed by atoms with van der Waals surface area (Å²) in [4.78, 5) is 21.6. The van der Waals surface area contributed by atoms with E-state index in [-0.39, 0.29) is 10.7 Å². The Morgan fingerprint density at radius 1 is 1.25 bits per heavy atom. The van der Waals surface area contributed by atoms with E-state index in [0.717, 1.165) is 5.69 Å². The van der Waals surface area contributed by atoms with Gasteiger partial charge in [0.2, 0.25) is 0 Å². The van der Waals surface area contributed by atoms with Crippen LogP contribution in [0.15, 0.2) is 65.8 Å². The van der Waals surface area contributed by atoms with Crippen LogP contribution in [0.5, 0.6) is 0 Å². The Balaban J connectivity index is 1.78. The number of carboxylic acids is 1. The number of carboxylic acid groups (broad SMARTS) is 1. The van der Waals surface area contributed by atoms with Gasteiger partial charge >= 0.3 is 5.97 Å². The van der Waals surface area contributed by atoms with Crippen LogP contribution in [-0.2, 0) is 15.8 Å². The Kier molecular flexibility index (Phi) is 6.08. The van der Waals surface area contributed by atoms with Crippen molar-refractivity contribution in [2.75, 3.05) is 6.54 Å². The van der Waals surface area contributed by atoms with E-state index in [0.29, 0.717) is 16.8 Å². The number of nitrogens with one attached hydrogen (secondary N) is 1. The van der Waals surface area contributed by atoms with Crippen LogP contribution in [0.4, 0.5) is 5.69 Å². The van der Waals surface area contributed by atoms with E-state index in [4.69, 9.17) is 5.11 Å². The normalized spacial score (nSPS) is 19.7. The zero-order valence-corrected chi connectivity index (χ0v) is 18.1. The third kappa shape index (κ3) is 4.42. The van der Waals surface area contributed by atoms with E-state index in [1.807, 2.05) is 30.3 Å². The van der Waals surface area contributed by atoms with Crippen LogP contribution in [0.3, 0.4) is 0 Å². The molecular weight excluding hydrogens is 454 g/mol. The number of non-ortho nitro benzene ring substituents is 1. The van der Waals surface area contributed by atoms with Crippen LogP contribution < -0.4 is 5.32 Å². The standard InChI is InChI=1S/C20H17N5O5S2/c26-18(27)12-24-20(31)21-17(32(24)30)10-14-11-23(15-4-2-1-3-5-15)22-19(14)13-6-8-16(9-7-13)25(28)29/h1-11,20-21,31H,12H2,(H,26,27)/b17-10-. The van der Waals surface area contributed by atoms with Gasteiger partial charge in [-0.25, -0.2) is 8.89 Å². The van der Waals surface area contributed by atoms with Gasteiger partial charge in [0.15, 0.2) is 0 Å². The van der Waals surface area contributed by atoms with Crippen LogP contribution >= 0.6 is 12.6 Å². The van der Waals surface area contributed by atoms with Crippen molar-refractivity contribution in [3.63, 3.8) is 0 Å². The van der Waals surface area contributed by atoms with Crippen molar-refractivity contribution in [2.45, 2.75) is 5.50 Å². The molecule has 0 amide bonds.